The fourth-order valence-electron chi connectivity index (χ4n) is 7.66. The van der Waals surface area contributed by atoms with E-state index >= 15 is 0 Å². The molecule has 232 valence electrons. The third kappa shape index (κ3) is 4.41. The summed E-state index contributed by atoms with van der Waals surface area (Å²) < 4.78 is 6.62. The Bertz CT molecular complexity index is 2460. The SMILES string of the molecule is C=C/C=C\C1=C(C)Oc2ccc(-c3nc(-c4ccccc4)nc(-c4cccc5ccccc45)n3)cc2C12c1ccccc1-c1ccccc12. The zero-order valence-electron chi connectivity index (χ0n) is 27.0. The van der Waals surface area contributed by atoms with E-state index in [4.69, 9.17) is 19.7 Å². The molecule has 0 radical (unpaired) electrons. The van der Waals surface area contributed by atoms with Gasteiger partial charge in [-0.1, -0.05) is 146 Å². The van der Waals surface area contributed by atoms with E-state index in [1.165, 1.54) is 22.3 Å². The van der Waals surface area contributed by atoms with E-state index in [9.17, 15) is 0 Å². The number of rotatable bonds is 5. The second-order valence-corrected chi connectivity index (χ2v) is 12.4. The van der Waals surface area contributed by atoms with Gasteiger partial charge in [0, 0.05) is 27.8 Å². The molecule has 49 heavy (non-hydrogen) atoms. The van der Waals surface area contributed by atoms with Crippen LogP contribution in [0.5, 0.6) is 5.75 Å². The lowest BCUT2D eigenvalue weighted by molar-refractivity contribution is 0.387. The van der Waals surface area contributed by atoms with Gasteiger partial charge in [0.2, 0.25) is 0 Å². The van der Waals surface area contributed by atoms with Gasteiger partial charge in [-0.05, 0) is 58.1 Å². The Morgan fingerprint density at radius 1 is 0.571 bits per heavy atom. The molecule has 0 saturated heterocycles. The van der Waals surface area contributed by atoms with Crippen LogP contribution in [0.4, 0.5) is 0 Å². The number of ether oxygens (including phenoxy) is 1. The molecular formula is C45H31N3O. The molecule has 9 rings (SSSR count). The minimum atomic E-state index is -0.617. The van der Waals surface area contributed by atoms with Crippen molar-refractivity contribution in [1.29, 1.82) is 0 Å². The van der Waals surface area contributed by atoms with Crippen LogP contribution in [0.3, 0.4) is 0 Å². The van der Waals surface area contributed by atoms with Crippen molar-refractivity contribution in [2.45, 2.75) is 12.3 Å². The topological polar surface area (TPSA) is 47.9 Å². The molecule has 1 aromatic heterocycles. The summed E-state index contributed by atoms with van der Waals surface area (Å²) in [6.07, 6.45) is 5.96. The second kappa shape index (κ2) is 11.4. The van der Waals surface area contributed by atoms with Crippen LogP contribution in [0.15, 0.2) is 176 Å². The smallest absolute Gasteiger partial charge is 0.164 e. The zero-order chi connectivity index (χ0) is 33.0. The average Bonchev–Trinajstić information content (AvgIpc) is 3.45. The molecule has 6 aromatic carbocycles. The van der Waals surface area contributed by atoms with Crippen LogP contribution in [0.25, 0.3) is 56.1 Å². The maximum absolute atomic E-state index is 6.62. The minimum Gasteiger partial charge on any atom is -0.461 e. The van der Waals surface area contributed by atoms with Crippen LogP contribution >= 0.6 is 0 Å². The molecule has 0 bridgehead atoms. The van der Waals surface area contributed by atoms with Gasteiger partial charge in [-0.15, -0.1) is 0 Å². The summed E-state index contributed by atoms with van der Waals surface area (Å²) in [5, 5.41) is 2.23. The third-order valence-electron chi connectivity index (χ3n) is 9.74. The van der Waals surface area contributed by atoms with E-state index in [1.807, 2.05) is 42.5 Å². The average molecular weight is 630 g/mol. The standard InChI is InChI=1S/C45H31N3O/c1-3-4-23-37-29(2)49-41-27-26-32(28-40(41)45(37)38-24-12-10-20-34(38)35-21-11-13-25-39(35)45)43-46-42(31-16-6-5-7-17-31)47-44(48-43)36-22-14-18-30-15-8-9-19-33(30)36/h3-28H,1H2,2H3/b23-4-. The molecule has 0 atom stereocenters. The monoisotopic (exact) mass is 629 g/mol. The van der Waals surface area contributed by atoms with Gasteiger partial charge in [0.25, 0.3) is 0 Å². The van der Waals surface area contributed by atoms with Gasteiger partial charge in [0.1, 0.15) is 11.5 Å². The first-order valence-electron chi connectivity index (χ1n) is 16.5. The number of hydrogen-bond donors (Lipinski definition) is 0. The van der Waals surface area contributed by atoms with Crippen LogP contribution in [0, 0.1) is 0 Å². The summed E-state index contributed by atoms with van der Waals surface area (Å²) >= 11 is 0. The van der Waals surface area contributed by atoms with Gasteiger partial charge < -0.3 is 4.74 Å². The van der Waals surface area contributed by atoms with Crippen molar-refractivity contribution < 1.29 is 4.74 Å². The number of hydrogen-bond acceptors (Lipinski definition) is 4. The summed E-state index contributed by atoms with van der Waals surface area (Å²) in [6.45, 7) is 6.04. The summed E-state index contributed by atoms with van der Waals surface area (Å²) in [7, 11) is 0. The van der Waals surface area contributed by atoms with Crippen LogP contribution in [0.2, 0.25) is 0 Å². The molecular weight excluding hydrogens is 599 g/mol. The van der Waals surface area contributed by atoms with E-state index in [2.05, 4.69) is 129 Å². The van der Waals surface area contributed by atoms with E-state index in [1.54, 1.807) is 0 Å². The van der Waals surface area contributed by atoms with Crippen molar-refractivity contribution in [2.24, 2.45) is 0 Å². The highest BCUT2D eigenvalue weighted by Crippen LogP contribution is 2.61. The number of fused-ring (bicyclic) bond motifs is 8. The molecule has 0 fully saturated rings. The molecule has 0 saturated carbocycles. The molecule has 0 unspecified atom stereocenters. The van der Waals surface area contributed by atoms with Gasteiger partial charge in [-0.25, -0.2) is 15.0 Å². The Kier molecular flexibility index (Phi) is 6.70. The van der Waals surface area contributed by atoms with Crippen LogP contribution in [-0.4, -0.2) is 15.0 Å². The Morgan fingerprint density at radius 2 is 1.18 bits per heavy atom. The summed E-state index contributed by atoms with van der Waals surface area (Å²) in [5.41, 5.74) is 9.17. The van der Waals surface area contributed by atoms with E-state index in [0.717, 1.165) is 50.1 Å². The lowest BCUT2D eigenvalue weighted by atomic mass is 9.65. The number of benzene rings is 6. The number of aromatic nitrogens is 3. The summed E-state index contributed by atoms with van der Waals surface area (Å²) in [5.74, 6) is 3.53. The first kappa shape index (κ1) is 28.8. The largest absolute Gasteiger partial charge is 0.461 e. The number of allylic oxidation sites excluding steroid dienone is 5. The lowest BCUT2D eigenvalue weighted by Crippen LogP contribution is -2.34. The summed E-state index contributed by atoms with van der Waals surface area (Å²) in [6, 6.07) is 48.5. The van der Waals surface area contributed by atoms with Crippen molar-refractivity contribution in [2.75, 3.05) is 0 Å². The predicted octanol–water partition coefficient (Wildman–Crippen LogP) is 10.7. The van der Waals surface area contributed by atoms with Crippen LogP contribution in [0.1, 0.15) is 23.6 Å². The highest BCUT2D eigenvalue weighted by atomic mass is 16.5. The molecule has 4 heteroatoms. The maximum Gasteiger partial charge on any atom is 0.164 e. The van der Waals surface area contributed by atoms with Gasteiger partial charge in [-0.3, -0.25) is 0 Å². The molecule has 1 aliphatic carbocycles. The van der Waals surface area contributed by atoms with Gasteiger partial charge >= 0.3 is 0 Å². The highest BCUT2D eigenvalue weighted by Gasteiger charge is 2.51. The Balaban J connectivity index is 1.32. The van der Waals surface area contributed by atoms with Crippen molar-refractivity contribution in [3.8, 4) is 51.0 Å². The lowest BCUT2D eigenvalue weighted by Gasteiger charge is -2.40. The molecule has 7 aromatic rings. The highest BCUT2D eigenvalue weighted by molar-refractivity contribution is 5.95. The molecule has 1 aliphatic heterocycles. The van der Waals surface area contributed by atoms with Crippen LogP contribution < -0.4 is 4.74 Å². The quantitative estimate of drug-likeness (QED) is 0.178. The van der Waals surface area contributed by atoms with Gasteiger partial charge in [-0.2, -0.15) is 0 Å². The third-order valence-corrected chi connectivity index (χ3v) is 9.74. The molecule has 0 amide bonds. The molecule has 2 heterocycles. The second-order valence-electron chi connectivity index (χ2n) is 12.4. The first-order valence-corrected chi connectivity index (χ1v) is 16.5. The van der Waals surface area contributed by atoms with E-state index in [-0.39, 0.29) is 0 Å². The van der Waals surface area contributed by atoms with Crippen molar-refractivity contribution in [1.82, 2.24) is 15.0 Å². The van der Waals surface area contributed by atoms with Crippen molar-refractivity contribution in [3.05, 3.63) is 192 Å². The molecule has 4 nitrogen and oxygen atoms in total. The van der Waals surface area contributed by atoms with E-state index in [0.29, 0.717) is 17.5 Å². The fourth-order valence-corrected chi connectivity index (χ4v) is 7.66. The normalized spacial score (nSPS) is 14.1. The number of nitrogens with zero attached hydrogens (tertiary/aromatic N) is 3. The zero-order valence-corrected chi connectivity index (χ0v) is 27.0. The summed E-state index contributed by atoms with van der Waals surface area (Å²) in [4.78, 5) is 15.3. The molecule has 0 N–H and O–H groups in total. The van der Waals surface area contributed by atoms with E-state index < -0.39 is 5.41 Å². The van der Waals surface area contributed by atoms with Crippen LogP contribution in [-0.2, 0) is 5.41 Å². The molecule has 1 spiro atoms. The predicted molar refractivity (Wildman–Crippen MR) is 198 cm³/mol. The van der Waals surface area contributed by atoms with Gasteiger partial charge in [0.15, 0.2) is 17.5 Å². The Hall–Kier alpha value is -6.39. The fraction of sp³-hybridized carbons (Fsp3) is 0.0444. The maximum atomic E-state index is 6.62. The molecule has 2 aliphatic rings. The first-order chi connectivity index (χ1) is 24.2. The van der Waals surface area contributed by atoms with Crippen molar-refractivity contribution >= 4 is 10.8 Å². The minimum absolute atomic E-state index is 0.601. The van der Waals surface area contributed by atoms with Gasteiger partial charge in [0.05, 0.1) is 5.41 Å². The Morgan fingerprint density at radius 3 is 1.94 bits per heavy atom. The Labute approximate surface area is 285 Å². The van der Waals surface area contributed by atoms with Crippen molar-refractivity contribution in [3.63, 3.8) is 0 Å².